The summed E-state index contributed by atoms with van der Waals surface area (Å²) in [5, 5.41) is 11.0. The Morgan fingerprint density at radius 1 is 1.38 bits per heavy atom. The lowest BCUT2D eigenvalue weighted by Gasteiger charge is -2.26. The van der Waals surface area contributed by atoms with E-state index >= 15 is 0 Å². The molecule has 0 saturated heterocycles. The van der Waals surface area contributed by atoms with E-state index in [1.807, 2.05) is 13.8 Å². The molecule has 118 valence electrons. The standard InChI is InChI=1S/C12H18BrN3O4S/c1-3-12(14,4-2)8-15-21(19,20)11-7-9(13)5-6-10(11)16(17)18/h5-7,15H,3-4,8,14H2,1-2H3. The average molecular weight is 380 g/mol. The summed E-state index contributed by atoms with van der Waals surface area (Å²) < 4.78 is 27.4. The summed E-state index contributed by atoms with van der Waals surface area (Å²) in [6.45, 7) is 3.74. The van der Waals surface area contributed by atoms with E-state index in [9.17, 15) is 18.5 Å². The predicted molar refractivity (Wildman–Crippen MR) is 83.5 cm³/mol. The largest absolute Gasteiger partial charge is 0.324 e. The van der Waals surface area contributed by atoms with Crippen molar-refractivity contribution in [3.05, 3.63) is 32.8 Å². The van der Waals surface area contributed by atoms with Crippen molar-refractivity contribution in [3.8, 4) is 0 Å². The van der Waals surface area contributed by atoms with E-state index < -0.39 is 26.2 Å². The van der Waals surface area contributed by atoms with Crippen molar-refractivity contribution in [1.29, 1.82) is 0 Å². The molecule has 0 aromatic heterocycles. The first-order valence-electron chi connectivity index (χ1n) is 6.37. The third-order valence-corrected chi connectivity index (χ3v) is 5.35. The lowest BCUT2D eigenvalue weighted by atomic mass is 9.95. The number of nitrogens with two attached hydrogens (primary N) is 1. The second-order valence-electron chi connectivity index (χ2n) is 4.76. The molecule has 0 unspecified atom stereocenters. The smallest absolute Gasteiger partial charge is 0.289 e. The fraction of sp³-hybridized carbons (Fsp3) is 0.500. The Morgan fingerprint density at radius 2 is 1.95 bits per heavy atom. The van der Waals surface area contributed by atoms with Crippen LogP contribution in [0, 0.1) is 10.1 Å². The maximum absolute atomic E-state index is 12.3. The predicted octanol–water partition coefficient (Wildman–Crippen LogP) is 2.15. The Balaban J connectivity index is 3.14. The van der Waals surface area contributed by atoms with Crippen LogP contribution >= 0.6 is 15.9 Å². The molecule has 0 saturated carbocycles. The van der Waals surface area contributed by atoms with Crippen molar-refractivity contribution in [1.82, 2.24) is 4.72 Å². The number of nitro benzene ring substituents is 1. The highest BCUT2D eigenvalue weighted by molar-refractivity contribution is 9.10. The van der Waals surface area contributed by atoms with Crippen LogP contribution in [0.4, 0.5) is 5.69 Å². The first-order valence-corrected chi connectivity index (χ1v) is 8.65. The van der Waals surface area contributed by atoms with Crippen LogP contribution in [-0.4, -0.2) is 25.4 Å². The molecule has 0 radical (unpaired) electrons. The van der Waals surface area contributed by atoms with E-state index in [4.69, 9.17) is 5.73 Å². The zero-order chi connectivity index (χ0) is 16.3. The number of halogens is 1. The van der Waals surface area contributed by atoms with Gasteiger partial charge < -0.3 is 5.73 Å². The third kappa shape index (κ3) is 4.47. The number of rotatable bonds is 7. The minimum absolute atomic E-state index is 0.0198. The topological polar surface area (TPSA) is 115 Å². The van der Waals surface area contributed by atoms with Crippen molar-refractivity contribution >= 4 is 31.6 Å². The van der Waals surface area contributed by atoms with Crippen LogP contribution in [0.15, 0.2) is 27.6 Å². The maximum atomic E-state index is 12.3. The molecule has 0 aliphatic carbocycles. The molecule has 21 heavy (non-hydrogen) atoms. The molecule has 1 aromatic rings. The molecule has 0 aliphatic rings. The van der Waals surface area contributed by atoms with Gasteiger partial charge in [-0.05, 0) is 25.0 Å². The van der Waals surface area contributed by atoms with Gasteiger partial charge in [0.15, 0.2) is 4.90 Å². The van der Waals surface area contributed by atoms with Gasteiger partial charge in [0.25, 0.3) is 5.69 Å². The van der Waals surface area contributed by atoms with Crippen molar-refractivity contribution in [3.63, 3.8) is 0 Å². The minimum atomic E-state index is -4.01. The molecule has 0 spiro atoms. The van der Waals surface area contributed by atoms with Crippen LogP contribution in [0.1, 0.15) is 26.7 Å². The van der Waals surface area contributed by atoms with Crippen LogP contribution < -0.4 is 10.5 Å². The summed E-state index contributed by atoms with van der Waals surface area (Å²) in [5.41, 5.74) is 4.90. The van der Waals surface area contributed by atoms with Crippen molar-refractivity contribution in [2.45, 2.75) is 37.1 Å². The molecule has 9 heteroatoms. The molecule has 0 amide bonds. The van der Waals surface area contributed by atoms with E-state index in [0.717, 1.165) is 6.07 Å². The fourth-order valence-electron chi connectivity index (χ4n) is 1.67. The second-order valence-corrected chi connectivity index (χ2v) is 7.41. The van der Waals surface area contributed by atoms with Gasteiger partial charge in [-0.25, -0.2) is 13.1 Å². The highest BCUT2D eigenvalue weighted by Crippen LogP contribution is 2.27. The molecule has 0 fully saturated rings. The van der Waals surface area contributed by atoms with Crippen molar-refractivity contribution in [2.75, 3.05) is 6.54 Å². The Labute approximate surface area is 132 Å². The molecular formula is C12H18BrN3O4S. The van der Waals surface area contributed by atoms with Gasteiger partial charge in [-0.1, -0.05) is 29.8 Å². The van der Waals surface area contributed by atoms with Crippen LogP contribution in [0.3, 0.4) is 0 Å². The maximum Gasteiger partial charge on any atom is 0.289 e. The Kier molecular flexibility index (Phi) is 5.85. The average Bonchev–Trinajstić information content (AvgIpc) is 2.44. The molecular weight excluding hydrogens is 362 g/mol. The number of sulfonamides is 1. The summed E-state index contributed by atoms with van der Waals surface area (Å²) in [7, 11) is -4.01. The third-order valence-electron chi connectivity index (χ3n) is 3.43. The van der Waals surface area contributed by atoms with E-state index in [1.165, 1.54) is 12.1 Å². The van der Waals surface area contributed by atoms with Gasteiger partial charge in [0.05, 0.1) is 4.92 Å². The molecule has 1 rings (SSSR count). The summed E-state index contributed by atoms with van der Waals surface area (Å²) in [6.07, 6.45) is 1.18. The lowest BCUT2D eigenvalue weighted by Crippen LogP contribution is -2.49. The van der Waals surface area contributed by atoms with Gasteiger partial charge in [0.1, 0.15) is 0 Å². The molecule has 0 aliphatic heterocycles. The van der Waals surface area contributed by atoms with Crippen LogP contribution in [-0.2, 0) is 10.0 Å². The van der Waals surface area contributed by atoms with E-state index in [-0.39, 0.29) is 11.4 Å². The summed E-state index contributed by atoms with van der Waals surface area (Å²) in [4.78, 5) is 9.86. The number of nitrogens with zero attached hydrogens (tertiary/aromatic N) is 1. The van der Waals surface area contributed by atoms with Crippen molar-refractivity contribution in [2.24, 2.45) is 5.73 Å². The summed E-state index contributed by atoms with van der Waals surface area (Å²) in [6, 6.07) is 3.77. The monoisotopic (exact) mass is 379 g/mol. The van der Waals surface area contributed by atoms with Crippen molar-refractivity contribution < 1.29 is 13.3 Å². The SMILES string of the molecule is CCC(N)(CC)CNS(=O)(=O)c1cc(Br)ccc1[N+](=O)[O-]. The first kappa shape index (κ1) is 18.0. The minimum Gasteiger partial charge on any atom is -0.324 e. The Morgan fingerprint density at radius 3 is 2.43 bits per heavy atom. The quantitative estimate of drug-likeness (QED) is 0.556. The number of nitrogens with one attached hydrogen (secondary N) is 1. The molecule has 1 aromatic carbocycles. The Hall–Kier alpha value is -1.03. The molecule has 0 bridgehead atoms. The first-order chi connectivity index (χ1) is 9.65. The van der Waals surface area contributed by atoms with Gasteiger partial charge in [0, 0.05) is 22.6 Å². The zero-order valence-corrected chi connectivity index (χ0v) is 14.2. The van der Waals surface area contributed by atoms with Gasteiger partial charge in [-0.2, -0.15) is 0 Å². The zero-order valence-electron chi connectivity index (χ0n) is 11.8. The number of benzene rings is 1. The highest BCUT2D eigenvalue weighted by atomic mass is 79.9. The lowest BCUT2D eigenvalue weighted by molar-refractivity contribution is -0.387. The number of nitro groups is 1. The Bertz CT molecular complexity index is 629. The molecule has 0 heterocycles. The van der Waals surface area contributed by atoms with Crippen LogP contribution in [0.2, 0.25) is 0 Å². The molecule has 3 N–H and O–H groups in total. The van der Waals surface area contributed by atoms with Gasteiger partial charge >= 0.3 is 0 Å². The fourth-order valence-corrected chi connectivity index (χ4v) is 3.52. The number of hydrogen-bond acceptors (Lipinski definition) is 5. The van der Waals surface area contributed by atoms with E-state index in [0.29, 0.717) is 17.3 Å². The van der Waals surface area contributed by atoms with Gasteiger partial charge in [-0.15, -0.1) is 0 Å². The van der Waals surface area contributed by atoms with Crippen LogP contribution in [0.5, 0.6) is 0 Å². The number of hydrogen-bond donors (Lipinski definition) is 2. The van der Waals surface area contributed by atoms with Gasteiger partial charge in [-0.3, -0.25) is 10.1 Å². The van der Waals surface area contributed by atoms with Crippen LogP contribution in [0.25, 0.3) is 0 Å². The molecule has 0 atom stereocenters. The molecule has 7 nitrogen and oxygen atoms in total. The normalized spacial score (nSPS) is 12.4. The summed E-state index contributed by atoms with van der Waals surface area (Å²) in [5.74, 6) is 0. The second kappa shape index (κ2) is 6.82. The summed E-state index contributed by atoms with van der Waals surface area (Å²) >= 11 is 3.12. The van der Waals surface area contributed by atoms with E-state index in [1.54, 1.807) is 0 Å². The van der Waals surface area contributed by atoms with Gasteiger partial charge in [0.2, 0.25) is 10.0 Å². The highest BCUT2D eigenvalue weighted by Gasteiger charge is 2.29. The van der Waals surface area contributed by atoms with E-state index in [2.05, 4.69) is 20.7 Å².